The molecule has 0 aliphatic carbocycles. The van der Waals surface area contributed by atoms with Crippen molar-refractivity contribution in [2.45, 2.75) is 62.7 Å². The van der Waals surface area contributed by atoms with Crippen LogP contribution in [0.2, 0.25) is 0 Å². The SMILES string of the molecule is CSCCC(NC(=O)C1CCCN1C(=O)C(N)Cc1c[nH]c2ccccc12)C(=O)NC(CCC(N)=O)C(=O)O. The summed E-state index contributed by atoms with van der Waals surface area (Å²) in [6, 6.07) is 3.73. The quantitative estimate of drug-likeness (QED) is 0.187. The summed E-state index contributed by atoms with van der Waals surface area (Å²) in [5.74, 6) is -2.99. The molecular formula is C26H36N6O6S. The number of thioether (sulfide) groups is 1. The van der Waals surface area contributed by atoms with Crippen molar-refractivity contribution in [2.24, 2.45) is 11.5 Å². The number of aliphatic carboxylic acids is 1. The van der Waals surface area contributed by atoms with E-state index >= 15 is 0 Å². The number of aromatic amines is 1. The number of likely N-dealkylation sites (tertiary alicyclic amines) is 1. The zero-order valence-corrected chi connectivity index (χ0v) is 22.7. The Morgan fingerprint density at radius 2 is 1.90 bits per heavy atom. The summed E-state index contributed by atoms with van der Waals surface area (Å²) >= 11 is 1.47. The zero-order chi connectivity index (χ0) is 28.5. The van der Waals surface area contributed by atoms with Gasteiger partial charge in [0.1, 0.15) is 18.1 Å². The topological polar surface area (TPSA) is 201 Å². The Bertz CT molecular complexity index is 1200. The van der Waals surface area contributed by atoms with Crippen LogP contribution >= 0.6 is 11.8 Å². The Labute approximate surface area is 230 Å². The van der Waals surface area contributed by atoms with Gasteiger partial charge in [0.25, 0.3) is 0 Å². The van der Waals surface area contributed by atoms with Crippen LogP contribution in [0.1, 0.15) is 37.7 Å². The summed E-state index contributed by atoms with van der Waals surface area (Å²) in [7, 11) is 0. The number of nitrogens with zero attached hydrogens (tertiary/aromatic N) is 1. The summed E-state index contributed by atoms with van der Waals surface area (Å²) in [5, 5.41) is 15.5. The molecule has 1 aromatic carbocycles. The summed E-state index contributed by atoms with van der Waals surface area (Å²) in [5.41, 5.74) is 13.3. The first-order valence-corrected chi connectivity index (χ1v) is 14.2. The first kappa shape index (κ1) is 30.0. The third kappa shape index (κ3) is 7.96. The molecule has 4 unspecified atom stereocenters. The van der Waals surface area contributed by atoms with Crippen LogP contribution < -0.4 is 22.1 Å². The van der Waals surface area contributed by atoms with Crippen molar-refractivity contribution in [3.05, 3.63) is 36.0 Å². The molecule has 0 bridgehead atoms. The van der Waals surface area contributed by atoms with Crippen LogP contribution in [-0.4, -0.2) is 87.3 Å². The molecule has 1 aliphatic rings. The minimum Gasteiger partial charge on any atom is -0.480 e. The number of fused-ring (bicyclic) bond motifs is 1. The predicted molar refractivity (Wildman–Crippen MR) is 148 cm³/mol. The lowest BCUT2D eigenvalue weighted by molar-refractivity contribution is -0.143. The number of primary amides is 1. The van der Waals surface area contributed by atoms with Gasteiger partial charge >= 0.3 is 5.97 Å². The van der Waals surface area contributed by atoms with Crippen LogP contribution in [0.15, 0.2) is 30.5 Å². The van der Waals surface area contributed by atoms with Crippen molar-refractivity contribution in [2.75, 3.05) is 18.6 Å². The van der Waals surface area contributed by atoms with Gasteiger partial charge in [0.2, 0.25) is 23.6 Å². The van der Waals surface area contributed by atoms with Gasteiger partial charge < -0.3 is 37.1 Å². The van der Waals surface area contributed by atoms with Crippen molar-refractivity contribution >= 4 is 52.3 Å². The van der Waals surface area contributed by atoms with E-state index in [-0.39, 0.29) is 25.2 Å². The van der Waals surface area contributed by atoms with Crippen molar-refractivity contribution in [3.8, 4) is 0 Å². The smallest absolute Gasteiger partial charge is 0.326 e. The van der Waals surface area contributed by atoms with Crippen LogP contribution in [-0.2, 0) is 30.4 Å². The standard InChI is InChI=1S/C26H36N6O6S/c1-39-12-10-19(23(34)31-20(26(37)38)8-9-22(28)33)30-24(35)21-7-4-11-32(21)25(36)17(27)13-15-14-29-18-6-3-2-5-16(15)18/h2-3,5-6,14,17,19-21,29H,4,7-13,27H2,1H3,(H2,28,33)(H,30,35)(H,31,34)(H,37,38). The molecule has 0 saturated carbocycles. The molecule has 8 N–H and O–H groups in total. The summed E-state index contributed by atoms with van der Waals surface area (Å²) < 4.78 is 0. The average molecular weight is 561 g/mol. The van der Waals surface area contributed by atoms with E-state index in [2.05, 4.69) is 15.6 Å². The molecule has 1 aliphatic heterocycles. The number of carbonyl (C=O) groups is 5. The molecule has 13 heteroatoms. The fourth-order valence-corrected chi connectivity index (χ4v) is 5.20. The van der Waals surface area contributed by atoms with Gasteiger partial charge in [0, 0.05) is 30.1 Å². The maximum Gasteiger partial charge on any atom is 0.326 e. The molecule has 1 fully saturated rings. The van der Waals surface area contributed by atoms with Crippen molar-refractivity contribution in [1.82, 2.24) is 20.5 Å². The Kier molecular flexibility index (Phi) is 10.8. The highest BCUT2D eigenvalue weighted by molar-refractivity contribution is 7.98. The van der Waals surface area contributed by atoms with E-state index < -0.39 is 47.9 Å². The molecule has 0 spiro atoms. The molecule has 1 aromatic heterocycles. The van der Waals surface area contributed by atoms with Crippen molar-refractivity contribution < 1.29 is 29.1 Å². The van der Waals surface area contributed by atoms with Gasteiger partial charge in [-0.15, -0.1) is 0 Å². The summed E-state index contributed by atoms with van der Waals surface area (Å²) in [6.45, 7) is 0.369. The number of hydrogen-bond acceptors (Lipinski definition) is 7. The Morgan fingerprint density at radius 1 is 1.15 bits per heavy atom. The van der Waals surface area contributed by atoms with Gasteiger partial charge in [-0.25, -0.2) is 4.79 Å². The highest BCUT2D eigenvalue weighted by atomic mass is 32.2. The number of aromatic nitrogens is 1. The maximum atomic E-state index is 13.3. The molecule has 12 nitrogen and oxygen atoms in total. The highest BCUT2D eigenvalue weighted by Crippen LogP contribution is 2.22. The third-order valence-electron chi connectivity index (χ3n) is 6.81. The Hall–Kier alpha value is -3.58. The minimum absolute atomic E-state index is 0.168. The van der Waals surface area contributed by atoms with Gasteiger partial charge in [-0.05, 0) is 55.7 Å². The molecule has 4 amide bonds. The van der Waals surface area contributed by atoms with E-state index in [0.29, 0.717) is 31.6 Å². The Balaban J connectivity index is 1.66. The number of para-hydroxylation sites is 1. The molecule has 212 valence electrons. The van der Waals surface area contributed by atoms with Crippen molar-refractivity contribution in [3.63, 3.8) is 0 Å². The molecule has 3 rings (SSSR count). The van der Waals surface area contributed by atoms with Crippen LogP contribution in [0, 0.1) is 0 Å². The molecule has 39 heavy (non-hydrogen) atoms. The molecule has 2 aromatic rings. The Morgan fingerprint density at radius 3 is 2.59 bits per heavy atom. The molecule has 4 atom stereocenters. The second kappa shape index (κ2) is 14.0. The number of nitrogens with one attached hydrogen (secondary N) is 3. The second-order valence-electron chi connectivity index (χ2n) is 9.61. The number of carbonyl (C=O) groups excluding carboxylic acids is 4. The van der Waals surface area contributed by atoms with Gasteiger partial charge in [0.15, 0.2) is 0 Å². The molecule has 2 heterocycles. The first-order valence-electron chi connectivity index (χ1n) is 12.8. The number of carboxylic acids is 1. The monoisotopic (exact) mass is 560 g/mol. The fraction of sp³-hybridized carbons (Fsp3) is 0.500. The molecular weight excluding hydrogens is 524 g/mol. The predicted octanol–water partition coefficient (Wildman–Crippen LogP) is 0.102. The second-order valence-corrected chi connectivity index (χ2v) is 10.6. The summed E-state index contributed by atoms with van der Waals surface area (Å²) in [4.78, 5) is 66.8. The third-order valence-corrected chi connectivity index (χ3v) is 7.45. The van der Waals surface area contributed by atoms with Gasteiger partial charge in [-0.2, -0.15) is 11.8 Å². The van der Waals surface area contributed by atoms with Gasteiger partial charge in [0.05, 0.1) is 6.04 Å². The van der Waals surface area contributed by atoms with Gasteiger partial charge in [-0.1, -0.05) is 18.2 Å². The fourth-order valence-electron chi connectivity index (χ4n) is 4.73. The number of carboxylic acid groups (broad SMARTS) is 1. The van der Waals surface area contributed by atoms with Crippen LogP contribution in [0.25, 0.3) is 10.9 Å². The first-order chi connectivity index (χ1) is 18.6. The number of amides is 4. The maximum absolute atomic E-state index is 13.3. The lowest BCUT2D eigenvalue weighted by Gasteiger charge is -2.28. The highest BCUT2D eigenvalue weighted by Gasteiger charge is 2.38. The van der Waals surface area contributed by atoms with Crippen LogP contribution in [0.3, 0.4) is 0 Å². The van der Waals surface area contributed by atoms with Gasteiger partial charge in [-0.3, -0.25) is 19.2 Å². The van der Waals surface area contributed by atoms with Crippen molar-refractivity contribution in [1.29, 1.82) is 0 Å². The lowest BCUT2D eigenvalue weighted by Crippen LogP contribution is -2.57. The lowest BCUT2D eigenvalue weighted by atomic mass is 10.0. The van der Waals surface area contributed by atoms with E-state index in [9.17, 15) is 29.1 Å². The zero-order valence-electron chi connectivity index (χ0n) is 21.9. The van der Waals surface area contributed by atoms with Crippen LogP contribution in [0.4, 0.5) is 0 Å². The molecule has 1 saturated heterocycles. The summed E-state index contributed by atoms with van der Waals surface area (Å²) in [6.07, 6.45) is 4.88. The largest absolute Gasteiger partial charge is 0.480 e. The average Bonchev–Trinajstić information content (AvgIpc) is 3.55. The number of hydrogen-bond donors (Lipinski definition) is 6. The number of nitrogens with two attached hydrogens (primary N) is 2. The van der Waals surface area contributed by atoms with Crippen LogP contribution in [0.5, 0.6) is 0 Å². The number of H-pyrrole nitrogens is 1. The van der Waals surface area contributed by atoms with E-state index in [1.807, 2.05) is 36.7 Å². The number of rotatable bonds is 14. The number of benzene rings is 1. The van der Waals surface area contributed by atoms with E-state index in [1.165, 1.54) is 16.7 Å². The van der Waals surface area contributed by atoms with E-state index in [4.69, 9.17) is 11.5 Å². The van der Waals surface area contributed by atoms with E-state index in [1.54, 1.807) is 0 Å². The molecule has 0 radical (unpaired) electrons. The van der Waals surface area contributed by atoms with E-state index in [0.717, 1.165) is 16.5 Å². The normalized spacial score (nSPS) is 17.4. The minimum atomic E-state index is -1.33.